The number of unbranched alkanes of at least 4 members (excludes halogenated alkanes) is 9. The van der Waals surface area contributed by atoms with E-state index in [1.54, 1.807) is 0 Å². The average Bonchev–Trinajstić information content (AvgIpc) is 2.95. The van der Waals surface area contributed by atoms with Crippen LogP contribution < -0.4 is 5.73 Å². The first-order valence-corrected chi connectivity index (χ1v) is 9.10. The van der Waals surface area contributed by atoms with Crippen LogP contribution in [0.2, 0.25) is 0 Å². The topological polar surface area (TPSA) is 32.5 Å². The van der Waals surface area contributed by atoms with Crippen LogP contribution in [-0.2, 0) is 0 Å². The average molecular weight is 354 g/mol. The van der Waals surface area contributed by atoms with E-state index in [4.69, 9.17) is 5.73 Å². The predicted octanol–water partition coefficient (Wildman–Crippen LogP) is 5.17. The molecule has 0 radical (unpaired) electrons. The third-order valence-corrected chi connectivity index (χ3v) is 3.88. The summed E-state index contributed by atoms with van der Waals surface area (Å²) < 4.78 is 39.0. The zero-order valence-corrected chi connectivity index (χ0v) is 14.9. The molecule has 0 saturated heterocycles. The van der Waals surface area contributed by atoms with Crippen LogP contribution in [0.4, 0.5) is 17.3 Å². The Labute approximate surface area is 144 Å². The molecule has 0 spiro atoms. The van der Waals surface area contributed by atoms with E-state index in [0.29, 0.717) is 6.67 Å². The van der Waals surface area contributed by atoms with Crippen molar-refractivity contribution in [1.29, 1.82) is 0 Å². The first kappa shape index (κ1) is 23.1. The highest BCUT2D eigenvalue weighted by molar-refractivity contribution is 6.50. The lowest BCUT2D eigenvalue weighted by Gasteiger charge is -2.19. The van der Waals surface area contributed by atoms with Crippen molar-refractivity contribution in [1.82, 2.24) is 9.80 Å². The first-order chi connectivity index (χ1) is 11.4. The standard InChI is InChI=1S/C16H33N3.BF4/c1-2-3-4-5-6-7-8-9-10-11-12-18-13-14-19(15-17)16-18;2-1(3,4)5/h13-14H,2-12,15-17H2,1H3;/q;-1. The van der Waals surface area contributed by atoms with Crippen LogP contribution in [0.1, 0.15) is 71.1 Å². The minimum absolute atomic E-state index is 0.630. The summed E-state index contributed by atoms with van der Waals surface area (Å²) in [5.74, 6) is 0. The van der Waals surface area contributed by atoms with Gasteiger partial charge in [0, 0.05) is 18.9 Å². The van der Waals surface area contributed by atoms with Crippen LogP contribution in [0.15, 0.2) is 12.4 Å². The summed E-state index contributed by atoms with van der Waals surface area (Å²) in [5, 5.41) is 0. The zero-order chi connectivity index (χ0) is 18.3. The Bertz CT molecular complexity index is 308. The quantitative estimate of drug-likeness (QED) is 0.298. The molecule has 2 N–H and O–H groups in total. The largest absolute Gasteiger partial charge is 0.673 e. The maximum Gasteiger partial charge on any atom is 0.673 e. The molecule has 1 aliphatic rings. The van der Waals surface area contributed by atoms with E-state index in [1.165, 1.54) is 70.8 Å². The van der Waals surface area contributed by atoms with Crippen LogP contribution in [0.3, 0.4) is 0 Å². The summed E-state index contributed by atoms with van der Waals surface area (Å²) in [7, 11) is -6.00. The van der Waals surface area contributed by atoms with Gasteiger partial charge in [0.05, 0.1) is 13.3 Å². The molecule has 0 saturated carbocycles. The summed E-state index contributed by atoms with van der Waals surface area (Å²) in [6.45, 7) is 5.07. The van der Waals surface area contributed by atoms with Gasteiger partial charge in [0.25, 0.3) is 0 Å². The number of hydrogen-bond acceptors (Lipinski definition) is 3. The summed E-state index contributed by atoms with van der Waals surface area (Å²) in [4.78, 5) is 4.49. The van der Waals surface area contributed by atoms with E-state index in [1.807, 2.05) is 0 Å². The van der Waals surface area contributed by atoms with E-state index in [9.17, 15) is 17.3 Å². The Morgan fingerprint density at radius 2 is 1.21 bits per heavy atom. The molecule has 0 bridgehead atoms. The minimum Gasteiger partial charge on any atom is -0.418 e. The zero-order valence-electron chi connectivity index (χ0n) is 14.9. The Morgan fingerprint density at radius 3 is 1.62 bits per heavy atom. The van der Waals surface area contributed by atoms with Gasteiger partial charge in [-0.15, -0.1) is 0 Å². The Balaban J connectivity index is 0.000000922. The van der Waals surface area contributed by atoms with Gasteiger partial charge in [-0.2, -0.15) is 0 Å². The molecule has 144 valence electrons. The fraction of sp³-hybridized carbons (Fsp3) is 0.875. The molecule has 3 nitrogen and oxygen atoms in total. The maximum absolute atomic E-state index is 9.75. The van der Waals surface area contributed by atoms with Crippen LogP contribution in [0.5, 0.6) is 0 Å². The van der Waals surface area contributed by atoms with Crippen molar-refractivity contribution in [3.8, 4) is 0 Å². The van der Waals surface area contributed by atoms with Crippen LogP contribution >= 0.6 is 0 Å². The van der Waals surface area contributed by atoms with Crippen LogP contribution in [0, 0.1) is 0 Å². The van der Waals surface area contributed by atoms with Crippen LogP contribution in [-0.4, -0.2) is 36.9 Å². The summed E-state index contributed by atoms with van der Waals surface area (Å²) in [6.07, 6.45) is 18.3. The molecule has 0 fully saturated rings. The van der Waals surface area contributed by atoms with Crippen molar-refractivity contribution in [3.05, 3.63) is 12.4 Å². The van der Waals surface area contributed by atoms with Crippen molar-refractivity contribution in [2.45, 2.75) is 71.1 Å². The monoisotopic (exact) mass is 354 g/mol. The highest BCUT2D eigenvalue weighted by Crippen LogP contribution is 2.12. The lowest BCUT2D eigenvalue weighted by molar-refractivity contribution is 0.265. The van der Waals surface area contributed by atoms with E-state index in [-0.39, 0.29) is 0 Å². The van der Waals surface area contributed by atoms with Crippen LogP contribution in [0.25, 0.3) is 0 Å². The smallest absolute Gasteiger partial charge is 0.418 e. The molecular formula is C16H33BF4N3-. The third kappa shape index (κ3) is 17.4. The highest BCUT2D eigenvalue weighted by atomic mass is 19.5. The fourth-order valence-corrected chi connectivity index (χ4v) is 2.58. The Kier molecular flexibility index (Phi) is 13.9. The molecule has 0 aromatic carbocycles. The third-order valence-electron chi connectivity index (χ3n) is 3.88. The second-order valence-corrected chi connectivity index (χ2v) is 6.20. The van der Waals surface area contributed by atoms with Crippen molar-refractivity contribution >= 4 is 7.25 Å². The second kappa shape index (κ2) is 14.4. The molecule has 1 aliphatic heterocycles. The fourth-order valence-electron chi connectivity index (χ4n) is 2.58. The van der Waals surface area contributed by atoms with Crippen molar-refractivity contribution in [2.75, 3.05) is 19.9 Å². The van der Waals surface area contributed by atoms with Gasteiger partial charge >= 0.3 is 7.25 Å². The molecule has 8 heteroatoms. The highest BCUT2D eigenvalue weighted by Gasteiger charge is 2.20. The minimum atomic E-state index is -6.00. The predicted molar refractivity (Wildman–Crippen MR) is 93.6 cm³/mol. The molecule has 1 rings (SSSR count). The summed E-state index contributed by atoms with van der Waals surface area (Å²) >= 11 is 0. The molecular weight excluding hydrogens is 321 g/mol. The Morgan fingerprint density at radius 1 is 0.792 bits per heavy atom. The van der Waals surface area contributed by atoms with Crippen molar-refractivity contribution in [2.24, 2.45) is 5.73 Å². The van der Waals surface area contributed by atoms with Gasteiger partial charge in [0.1, 0.15) is 0 Å². The molecule has 24 heavy (non-hydrogen) atoms. The number of nitrogens with zero attached hydrogens (tertiary/aromatic N) is 2. The van der Waals surface area contributed by atoms with Gasteiger partial charge in [-0.3, -0.25) is 0 Å². The van der Waals surface area contributed by atoms with Crippen molar-refractivity contribution < 1.29 is 17.3 Å². The first-order valence-electron chi connectivity index (χ1n) is 9.10. The van der Waals surface area contributed by atoms with E-state index in [2.05, 4.69) is 29.1 Å². The lowest BCUT2D eigenvalue weighted by Crippen LogP contribution is -2.30. The number of rotatable bonds is 12. The summed E-state index contributed by atoms with van der Waals surface area (Å²) in [5.41, 5.74) is 5.60. The van der Waals surface area contributed by atoms with Gasteiger partial charge < -0.3 is 32.8 Å². The van der Waals surface area contributed by atoms with Gasteiger partial charge in [-0.1, -0.05) is 64.7 Å². The Hall–Kier alpha value is -0.915. The lowest BCUT2D eigenvalue weighted by atomic mass is 10.1. The van der Waals surface area contributed by atoms with Gasteiger partial charge in [0.2, 0.25) is 0 Å². The molecule has 0 aromatic rings. The molecule has 0 aliphatic carbocycles. The molecule has 0 amide bonds. The number of halogens is 4. The van der Waals surface area contributed by atoms with Gasteiger partial charge in [0.15, 0.2) is 0 Å². The number of hydrogen-bond donors (Lipinski definition) is 1. The van der Waals surface area contributed by atoms with Gasteiger partial charge in [-0.05, 0) is 6.42 Å². The van der Waals surface area contributed by atoms with E-state index in [0.717, 1.165) is 6.67 Å². The normalized spacial score (nSPS) is 14.1. The maximum atomic E-state index is 9.75. The molecule has 0 aromatic heterocycles. The molecule has 0 unspecified atom stereocenters. The van der Waals surface area contributed by atoms with Crippen molar-refractivity contribution in [3.63, 3.8) is 0 Å². The number of nitrogens with two attached hydrogens (primary N) is 1. The molecule has 0 atom stereocenters. The van der Waals surface area contributed by atoms with E-state index < -0.39 is 7.25 Å². The summed E-state index contributed by atoms with van der Waals surface area (Å²) in [6, 6.07) is 0. The van der Waals surface area contributed by atoms with E-state index >= 15 is 0 Å². The SMILES string of the molecule is CCCCCCCCCCCCN1C=CN(CN)C1.F[B-](F)(F)F. The van der Waals surface area contributed by atoms with Gasteiger partial charge in [-0.25, -0.2) is 0 Å². The molecule has 1 heterocycles. The second-order valence-electron chi connectivity index (χ2n) is 6.20.